The third kappa shape index (κ3) is 6.16. The van der Waals surface area contributed by atoms with Crippen molar-refractivity contribution in [3.8, 4) is 0 Å². The average molecular weight is 299 g/mol. The van der Waals surface area contributed by atoms with Gasteiger partial charge in [-0.3, -0.25) is 9.59 Å². The van der Waals surface area contributed by atoms with Gasteiger partial charge in [-0.25, -0.2) is 0 Å². The fourth-order valence-electron chi connectivity index (χ4n) is 1.88. The van der Waals surface area contributed by atoms with Crippen LogP contribution < -0.4 is 0 Å². The van der Waals surface area contributed by atoms with Gasteiger partial charge in [0.1, 0.15) is 0 Å². The van der Waals surface area contributed by atoms with E-state index in [-0.39, 0.29) is 24.7 Å². The molecule has 1 rings (SSSR count). The van der Waals surface area contributed by atoms with Crippen LogP contribution in [-0.2, 0) is 20.9 Å². The number of carbonyl (C=O) groups excluding carboxylic acids is 1. The van der Waals surface area contributed by atoms with Crippen molar-refractivity contribution in [3.05, 3.63) is 22.4 Å². The molecule has 20 heavy (non-hydrogen) atoms. The summed E-state index contributed by atoms with van der Waals surface area (Å²) in [7, 11) is 1.60. The van der Waals surface area contributed by atoms with Gasteiger partial charge in [0, 0.05) is 31.4 Å². The first-order valence-corrected chi connectivity index (χ1v) is 7.41. The van der Waals surface area contributed by atoms with Gasteiger partial charge >= 0.3 is 5.97 Å². The molecule has 112 valence electrons. The molecule has 0 radical (unpaired) electrons. The molecule has 1 amide bonds. The summed E-state index contributed by atoms with van der Waals surface area (Å²) in [6.45, 7) is 3.34. The van der Waals surface area contributed by atoms with E-state index >= 15 is 0 Å². The maximum Gasteiger partial charge on any atom is 0.303 e. The summed E-state index contributed by atoms with van der Waals surface area (Å²) in [4.78, 5) is 25.7. The van der Waals surface area contributed by atoms with Gasteiger partial charge in [0.15, 0.2) is 0 Å². The minimum Gasteiger partial charge on any atom is -0.481 e. The quantitative estimate of drug-likeness (QED) is 0.759. The van der Waals surface area contributed by atoms with Gasteiger partial charge < -0.3 is 14.7 Å². The number of carbonyl (C=O) groups is 2. The van der Waals surface area contributed by atoms with Gasteiger partial charge in [-0.1, -0.05) is 13.0 Å². The summed E-state index contributed by atoms with van der Waals surface area (Å²) in [6.07, 6.45) is 0.268. The predicted molar refractivity (Wildman–Crippen MR) is 77.6 cm³/mol. The van der Waals surface area contributed by atoms with Crippen molar-refractivity contribution in [1.29, 1.82) is 0 Å². The van der Waals surface area contributed by atoms with E-state index in [1.54, 1.807) is 30.3 Å². The summed E-state index contributed by atoms with van der Waals surface area (Å²) in [5.41, 5.74) is 0. The topological polar surface area (TPSA) is 66.8 Å². The first kappa shape index (κ1) is 16.7. The summed E-state index contributed by atoms with van der Waals surface area (Å²) < 4.78 is 5.03. The molecule has 0 saturated carbocycles. The smallest absolute Gasteiger partial charge is 0.303 e. The van der Waals surface area contributed by atoms with Crippen LogP contribution >= 0.6 is 11.3 Å². The second kappa shape index (κ2) is 8.71. The van der Waals surface area contributed by atoms with Crippen molar-refractivity contribution >= 4 is 23.2 Å². The molecule has 1 aromatic rings. The second-order valence-electron chi connectivity index (χ2n) is 4.79. The Hall–Kier alpha value is -1.40. The lowest BCUT2D eigenvalue weighted by molar-refractivity contribution is -0.138. The number of amides is 1. The second-order valence-corrected chi connectivity index (χ2v) is 5.83. The molecule has 1 N–H and O–H groups in total. The number of carboxylic acid groups (broad SMARTS) is 1. The van der Waals surface area contributed by atoms with Gasteiger partial charge in [-0.2, -0.15) is 0 Å². The van der Waals surface area contributed by atoms with Crippen molar-refractivity contribution in [1.82, 2.24) is 4.90 Å². The molecular formula is C14H21NO4S. The zero-order valence-electron chi connectivity index (χ0n) is 11.9. The molecule has 0 spiro atoms. The van der Waals surface area contributed by atoms with Crippen LogP contribution in [0.5, 0.6) is 0 Å². The Kier molecular flexibility index (Phi) is 7.25. The predicted octanol–water partition coefficient (Wildman–Crippen LogP) is 2.22. The fourth-order valence-corrected chi connectivity index (χ4v) is 2.60. The first-order chi connectivity index (χ1) is 9.52. The van der Waals surface area contributed by atoms with Crippen LogP contribution in [0.25, 0.3) is 0 Å². The number of methoxy groups -OCH3 is 1. The maximum absolute atomic E-state index is 12.2. The van der Waals surface area contributed by atoms with Crippen molar-refractivity contribution < 1.29 is 19.4 Å². The lowest BCUT2D eigenvalue weighted by Gasteiger charge is -2.23. The highest BCUT2D eigenvalue weighted by atomic mass is 32.1. The molecule has 0 saturated heterocycles. The number of nitrogens with zero attached hydrogens (tertiary/aromatic N) is 1. The third-order valence-electron chi connectivity index (χ3n) is 2.89. The Morgan fingerprint density at radius 1 is 1.45 bits per heavy atom. The summed E-state index contributed by atoms with van der Waals surface area (Å²) in [6, 6.07) is 3.93. The number of hydrogen-bond acceptors (Lipinski definition) is 4. The minimum absolute atomic E-state index is 0.0167. The molecule has 5 nitrogen and oxygen atoms in total. The van der Waals surface area contributed by atoms with Gasteiger partial charge in [0.05, 0.1) is 13.2 Å². The lowest BCUT2D eigenvalue weighted by atomic mass is 10.0. The van der Waals surface area contributed by atoms with Crippen LogP contribution in [0, 0.1) is 5.92 Å². The van der Waals surface area contributed by atoms with Gasteiger partial charge in [-0.05, 0) is 17.4 Å². The Morgan fingerprint density at radius 2 is 2.20 bits per heavy atom. The molecule has 0 aromatic carbocycles. The molecule has 0 fully saturated rings. The summed E-state index contributed by atoms with van der Waals surface area (Å²) >= 11 is 1.60. The van der Waals surface area contributed by atoms with E-state index in [1.807, 2.05) is 17.5 Å². The monoisotopic (exact) mass is 299 g/mol. The van der Waals surface area contributed by atoms with Crippen molar-refractivity contribution in [3.63, 3.8) is 0 Å². The van der Waals surface area contributed by atoms with Crippen LogP contribution in [0.4, 0.5) is 0 Å². The number of aliphatic carboxylic acids is 1. The van der Waals surface area contributed by atoms with E-state index in [2.05, 4.69) is 0 Å². The van der Waals surface area contributed by atoms with Gasteiger partial charge in [0.25, 0.3) is 0 Å². The molecule has 0 bridgehead atoms. The van der Waals surface area contributed by atoms with E-state index in [9.17, 15) is 9.59 Å². The Labute approximate surface area is 123 Å². The number of ether oxygens (including phenoxy) is 1. The molecule has 1 aromatic heterocycles. The van der Waals surface area contributed by atoms with Crippen LogP contribution in [0.15, 0.2) is 17.5 Å². The Balaban J connectivity index is 2.57. The van der Waals surface area contributed by atoms with E-state index < -0.39 is 5.97 Å². The summed E-state index contributed by atoms with van der Waals surface area (Å²) in [5, 5.41) is 10.7. The normalized spacial score (nSPS) is 12.1. The lowest BCUT2D eigenvalue weighted by Crippen LogP contribution is -2.34. The van der Waals surface area contributed by atoms with E-state index in [1.165, 1.54) is 0 Å². The van der Waals surface area contributed by atoms with Crippen LogP contribution in [0.3, 0.4) is 0 Å². The van der Waals surface area contributed by atoms with Crippen molar-refractivity contribution in [2.45, 2.75) is 26.3 Å². The Morgan fingerprint density at radius 3 is 2.75 bits per heavy atom. The molecular weight excluding hydrogens is 278 g/mol. The number of rotatable bonds is 9. The van der Waals surface area contributed by atoms with Crippen LogP contribution in [0.1, 0.15) is 24.6 Å². The van der Waals surface area contributed by atoms with Gasteiger partial charge in [0.2, 0.25) is 5.91 Å². The summed E-state index contributed by atoms with van der Waals surface area (Å²) in [5.74, 6) is -1.05. The largest absolute Gasteiger partial charge is 0.481 e. The molecule has 0 aliphatic carbocycles. The SMILES string of the molecule is COCCN(Cc1cccs1)C(=O)CC(C)CC(=O)O. The minimum atomic E-state index is -0.869. The highest BCUT2D eigenvalue weighted by Gasteiger charge is 2.18. The standard InChI is InChI=1S/C14H21NO4S/c1-11(9-14(17)18)8-13(16)15(5-6-19-2)10-12-4-3-7-20-12/h3-4,7,11H,5-6,8-10H2,1-2H3,(H,17,18). The zero-order valence-corrected chi connectivity index (χ0v) is 12.7. The van der Waals surface area contributed by atoms with Crippen LogP contribution in [0.2, 0.25) is 0 Å². The van der Waals surface area contributed by atoms with E-state index in [0.29, 0.717) is 19.7 Å². The molecule has 0 aliphatic rings. The first-order valence-electron chi connectivity index (χ1n) is 6.53. The molecule has 1 heterocycles. The van der Waals surface area contributed by atoms with Gasteiger partial charge in [-0.15, -0.1) is 11.3 Å². The molecule has 6 heteroatoms. The number of hydrogen-bond donors (Lipinski definition) is 1. The molecule has 1 unspecified atom stereocenters. The molecule has 1 atom stereocenters. The van der Waals surface area contributed by atoms with E-state index in [0.717, 1.165) is 4.88 Å². The molecule has 0 aliphatic heterocycles. The number of thiophene rings is 1. The Bertz CT molecular complexity index is 419. The van der Waals surface area contributed by atoms with E-state index in [4.69, 9.17) is 9.84 Å². The highest BCUT2D eigenvalue weighted by Crippen LogP contribution is 2.15. The fraction of sp³-hybridized carbons (Fsp3) is 0.571. The maximum atomic E-state index is 12.2. The van der Waals surface area contributed by atoms with Crippen molar-refractivity contribution in [2.24, 2.45) is 5.92 Å². The highest BCUT2D eigenvalue weighted by molar-refractivity contribution is 7.09. The third-order valence-corrected chi connectivity index (χ3v) is 3.75. The average Bonchev–Trinajstić information content (AvgIpc) is 2.85. The van der Waals surface area contributed by atoms with Crippen LogP contribution in [-0.4, -0.2) is 42.1 Å². The van der Waals surface area contributed by atoms with Crippen molar-refractivity contribution in [2.75, 3.05) is 20.3 Å². The number of carboxylic acids is 1. The zero-order chi connectivity index (χ0) is 15.0.